The molecule has 0 amide bonds. The van der Waals surface area contributed by atoms with Crippen LogP contribution in [-0.2, 0) is 16.1 Å². The molecular formula is C30H32F3N5O4. The highest BCUT2D eigenvalue weighted by molar-refractivity contribution is 5.78. The van der Waals surface area contributed by atoms with Crippen LogP contribution in [0.15, 0.2) is 54.7 Å². The number of aromatic nitrogens is 4. The van der Waals surface area contributed by atoms with Crippen LogP contribution in [0.3, 0.4) is 0 Å². The molecule has 0 fully saturated rings. The largest absolute Gasteiger partial charge is 0.469 e. The van der Waals surface area contributed by atoms with Gasteiger partial charge in [0.15, 0.2) is 0 Å². The SMILES string of the molecule is COC(=O)C[C@H](O)C[C@H](O)CCn1c(C(C)C)nc(-c2ccc(F)cc2)c1-c1ccnc(Nc2cc(F)cc(F)c2)n1. The number of halogens is 3. The minimum Gasteiger partial charge on any atom is -0.469 e. The maximum atomic E-state index is 13.8. The van der Waals surface area contributed by atoms with Crippen LogP contribution in [0.4, 0.5) is 24.8 Å². The number of esters is 1. The van der Waals surface area contributed by atoms with Crippen LogP contribution in [-0.4, -0.2) is 55.0 Å². The molecule has 2 atom stereocenters. The third-order valence-corrected chi connectivity index (χ3v) is 6.51. The molecule has 42 heavy (non-hydrogen) atoms. The Balaban J connectivity index is 1.73. The number of nitrogens with one attached hydrogen (secondary N) is 1. The lowest BCUT2D eigenvalue weighted by molar-refractivity contribution is -0.143. The van der Waals surface area contributed by atoms with Gasteiger partial charge in [-0.05, 0) is 55.3 Å². The van der Waals surface area contributed by atoms with Crippen LogP contribution < -0.4 is 5.32 Å². The number of hydrogen-bond donors (Lipinski definition) is 3. The van der Waals surface area contributed by atoms with Gasteiger partial charge in [-0.15, -0.1) is 0 Å². The summed E-state index contributed by atoms with van der Waals surface area (Å²) in [7, 11) is 1.22. The van der Waals surface area contributed by atoms with Gasteiger partial charge in [-0.1, -0.05) is 13.8 Å². The number of anilines is 2. The smallest absolute Gasteiger partial charge is 0.308 e. The van der Waals surface area contributed by atoms with Crippen LogP contribution in [0, 0.1) is 17.5 Å². The Morgan fingerprint density at radius 2 is 1.67 bits per heavy atom. The predicted octanol–water partition coefficient (Wildman–Crippen LogP) is 5.36. The van der Waals surface area contributed by atoms with Crippen molar-refractivity contribution in [1.82, 2.24) is 19.5 Å². The van der Waals surface area contributed by atoms with Gasteiger partial charge in [0.1, 0.15) is 23.3 Å². The van der Waals surface area contributed by atoms with Gasteiger partial charge in [0, 0.05) is 36.0 Å². The molecule has 222 valence electrons. The maximum absolute atomic E-state index is 13.8. The summed E-state index contributed by atoms with van der Waals surface area (Å²) in [6.07, 6.45) is -0.590. The van der Waals surface area contributed by atoms with Gasteiger partial charge in [-0.3, -0.25) is 4.79 Å². The quantitative estimate of drug-likeness (QED) is 0.191. The third kappa shape index (κ3) is 7.71. The summed E-state index contributed by atoms with van der Waals surface area (Å²) in [6, 6.07) is 10.5. The average molecular weight is 584 g/mol. The van der Waals surface area contributed by atoms with Crippen molar-refractivity contribution >= 4 is 17.6 Å². The molecular weight excluding hydrogens is 551 g/mol. The fourth-order valence-electron chi connectivity index (χ4n) is 4.58. The molecule has 9 nitrogen and oxygen atoms in total. The molecule has 0 aliphatic heterocycles. The lowest BCUT2D eigenvalue weighted by Gasteiger charge is -2.18. The van der Waals surface area contributed by atoms with E-state index < -0.39 is 35.6 Å². The Morgan fingerprint density at radius 1 is 0.976 bits per heavy atom. The highest BCUT2D eigenvalue weighted by Gasteiger charge is 2.24. The van der Waals surface area contributed by atoms with Crippen molar-refractivity contribution in [1.29, 1.82) is 0 Å². The third-order valence-electron chi connectivity index (χ3n) is 6.51. The first-order valence-corrected chi connectivity index (χ1v) is 13.4. The van der Waals surface area contributed by atoms with Gasteiger partial charge in [-0.2, -0.15) is 0 Å². The maximum Gasteiger partial charge on any atom is 0.308 e. The molecule has 2 aromatic carbocycles. The number of aliphatic hydroxyl groups is 2. The zero-order valence-electron chi connectivity index (χ0n) is 23.4. The Labute approximate surface area is 241 Å². The van der Waals surface area contributed by atoms with Gasteiger partial charge in [0.25, 0.3) is 0 Å². The second-order valence-electron chi connectivity index (χ2n) is 10.1. The normalized spacial score (nSPS) is 12.8. The molecule has 0 aliphatic carbocycles. The number of benzene rings is 2. The van der Waals surface area contributed by atoms with E-state index in [1.54, 1.807) is 18.2 Å². The van der Waals surface area contributed by atoms with Gasteiger partial charge in [0.05, 0.1) is 42.8 Å². The zero-order valence-corrected chi connectivity index (χ0v) is 23.4. The molecule has 0 radical (unpaired) electrons. The van der Waals surface area contributed by atoms with E-state index in [9.17, 15) is 28.2 Å². The van der Waals surface area contributed by atoms with E-state index in [0.29, 0.717) is 28.5 Å². The lowest BCUT2D eigenvalue weighted by atomic mass is 10.1. The number of nitrogens with zero attached hydrogens (tertiary/aromatic N) is 4. The van der Waals surface area contributed by atoms with E-state index >= 15 is 0 Å². The van der Waals surface area contributed by atoms with Gasteiger partial charge in [0.2, 0.25) is 5.95 Å². The lowest BCUT2D eigenvalue weighted by Crippen LogP contribution is -2.23. The number of carbonyl (C=O) groups is 1. The van der Waals surface area contributed by atoms with Gasteiger partial charge >= 0.3 is 5.97 Å². The summed E-state index contributed by atoms with van der Waals surface area (Å²) >= 11 is 0. The number of hydrogen-bond acceptors (Lipinski definition) is 8. The first-order valence-electron chi connectivity index (χ1n) is 13.4. The summed E-state index contributed by atoms with van der Waals surface area (Å²) in [5.74, 6) is -1.82. The number of methoxy groups -OCH3 is 1. The predicted molar refractivity (Wildman–Crippen MR) is 150 cm³/mol. The molecule has 0 spiro atoms. The van der Waals surface area contributed by atoms with E-state index in [1.807, 2.05) is 18.4 Å². The highest BCUT2D eigenvalue weighted by Crippen LogP contribution is 2.35. The van der Waals surface area contributed by atoms with E-state index in [2.05, 4.69) is 20.0 Å². The molecule has 0 saturated carbocycles. The number of ether oxygens (including phenoxy) is 1. The molecule has 2 aromatic heterocycles. The van der Waals surface area contributed by atoms with Crippen molar-refractivity contribution in [3.63, 3.8) is 0 Å². The molecule has 0 bridgehead atoms. The van der Waals surface area contributed by atoms with Crippen molar-refractivity contribution in [2.45, 2.75) is 57.8 Å². The summed E-state index contributed by atoms with van der Waals surface area (Å²) in [5.41, 5.74) is 2.24. The van der Waals surface area contributed by atoms with Gasteiger partial charge < -0.3 is 24.8 Å². The topological polar surface area (TPSA) is 122 Å². The summed E-state index contributed by atoms with van der Waals surface area (Å²) in [5, 5.41) is 23.7. The number of rotatable bonds is 12. The van der Waals surface area contributed by atoms with E-state index in [1.165, 1.54) is 25.4 Å². The van der Waals surface area contributed by atoms with Crippen molar-refractivity contribution in [2.24, 2.45) is 0 Å². The van der Waals surface area contributed by atoms with Crippen LogP contribution in [0.25, 0.3) is 22.6 Å². The molecule has 0 unspecified atom stereocenters. The Bertz CT molecular complexity index is 1510. The Kier molecular flexibility index (Phi) is 9.92. The summed E-state index contributed by atoms with van der Waals surface area (Å²) in [4.78, 5) is 25.2. The number of carbonyl (C=O) groups excluding carboxylic acids is 1. The second-order valence-corrected chi connectivity index (χ2v) is 10.1. The van der Waals surface area contributed by atoms with E-state index in [0.717, 1.165) is 18.2 Å². The van der Waals surface area contributed by atoms with Crippen molar-refractivity contribution < 1.29 is 32.9 Å². The van der Waals surface area contributed by atoms with Crippen LogP contribution >= 0.6 is 0 Å². The minimum absolute atomic E-state index is 0.0350. The van der Waals surface area contributed by atoms with Crippen molar-refractivity contribution in [2.75, 3.05) is 12.4 Å². The fourth-order valence-corrected chi connectivity index (χ4v) is 4.58. The molecule has 2 heterocycles. The average Bonchev–Trinajstić information content (AvgIpc) is 3.31. The standard InChI is InChI=1S/C30H32F3N5O4/c1-17(2)29-37-27(18-4-6-19(31)7-5-18)28(38(29)11-9-23(39)15-24(40)16-26(41)42-3)25-8-10-34-30(36-25)35-22-13-20(32)12-21(33)14-22/h4-8,10,12-14,17,23-24,39-40H,9,11,15-16H2,1-3H3,(H,34,35,36)/t23-,24-/m1/s1. The fraction of sp³-hybridized carbons (Fsp3) is 0.333. The van der Waals surface area contributed by atoms with Crippen LogP contribution in [0.5, 0.6) is 0 Å². The highest BCUT2D eigenvalue weighted by atomic mass is 19.1. The minimum atomic E-state index is -1.07. The Morgan fingerprint density at radius 3 is 2.31 bits per heavy atom. The second kappa shape index (κ2) is 13.6. The molecule has 3 N–H and O–H groups in total. The number of aliphatic hydroxyl groups excluding tert-OH is 2. The van der Waals surface area contributed by atoms with Crippen molar-refractivity contribution in [3.05, 3.63) is 78.0 Å². The molecule has 4 aromatic rings. The van der Waals surface area contributed by atoms with E-state index in [4.69, 9.17) is 4.98 Å². The first kappa shape index (κ1) is 30.7. The Hall–Kier alpha value is -4.29. The first-order chi connectivity index (χ1) is 20.0. The molecule has 0 saturated heterocycles. The summed E-state index contributed by atoms with van der Waals surface area (Å²) in [6.45, 7) is 4.18. The van der Waals surface area contributed by atoms with Crippen LogP contribution in [0.2, 0.25) is 0 Å². The monoisotopic (exact) mass is 583 g/mol. The molecule has 12 heteroatoms. The molecule has 4 rings (SSSR count). The zero-order chi connectivity index (χ0) is 30.4. The number of imidazole rings is 1. The molecule has 0 aliphatic rings. The van der Waals surface area contributed by atoms with Crippen LogP contribution in [0.1, 0.15) is 44.9 Å². The van der Waals surface area contributed by atoms with E-state index in [-0.39, 0.29) is 43.4 Å². The summed E-state index contributed by atoms with van der Waals surface area (Å²) < 4.78 is 47.8. The van der Waals surface area contributed by atoms with Gasteiger partial charge in [-0.25, -0.2) is 28.1 Å². The van der Waals surface area contributed by atoms with Crippen molar-refractivity contribution in [3.8, 4) is 22.6 Å².